The molecule has 0 fully saturated rings. The highest BCUT2D eigenvalue weighted by Crippen LogP contribution is 2.25. The smallest absolute Gasteiger partial charge is 0.119 e. The normalized spacial score (nSPS) is 12.5. The second-order valence-electron chi connectivity index (χ2n) is 5.30. The number of phenols is 2. The number of aliphatic hydroxyl groups excluding tert-OH is 1. The molecule has 0 aliphatic rings. The van der Waals surface area contributed by atoms with E-state index < -0.39 is 6.10 Å². The van der Waals surface area contributed by atoms with E-state index in [2.05, 4.69) is 12.1 Å². The first-order valence-electron chi connectivity index (χ1n) is 6.98. The van der Waals surface area contributed by atoms with Crippen LogP contribution in [0.5, 0.6) is 11.5 Å². The summed E-state index contributed by atoms with van der Waals surface area (Å²) < 4.78 is 0. The molecule has 2 aromatic carbocycles. The minimum Gasteiger partial charge on any atom is -0.508 e. The lowest BCUT2D eigenvalue weighted by atomic mass is 10.1. The van der Waals surface area contributed by atoms with Crippen molar-refractivity contribution in [2.75, 3.05) is 20.1 Å². The summed E-state index contributed by atoms with van der Waals surface area (Å²) in [5.74, 6) is -0.0908. The molecule has 0 saturated carbocycles. The summed E-state index contributed by atoms with van der Waals surface area (Å²) in [4.78, 5) is 2.03. The first-order chi connectivity index (χ1) is 10.0. The van der Waals surface area contributed by atoms with Crippen LogP contribution in [-0.4, -0.2) is 40.4 Å². The van der Waals surface area contributed by atoms with E-state index in [0.717, 1.165) is 13.0 Å². The highest BCUT2D eigenvalue weighted by Gasteiger charge is 2.12. The van der Waals surface area contributed by atoms with Gasteiger partial charge in [-0.25, -0.2) is 0 Å². The Morgan fingerprint density at radius 1 is 1.00 bits per heavy atom. The van der Waals surface area contributed by atoms with Gasteiger partial charge in [0.1, 0.15) is 11.5 Å². The molecule has 4 heteroatoms. The summed E-state index contributed by atoms with van der Waals surface area (Å²) in [7, 11) is 1.94. The minimum atomic E-state index is -0.747. The fourth-order valence-corrected chi connectivity index (χ4v) is 2.27. The Hall–Kier alpha value is -2.04. The van der Waals surface area contributed by atoms with Crippen molar-refractivity contribution in [3.8, 4) is 11.5 Å². The topological polar surface area (TPSA) is 63.9 Å². The molecule has 0 spiro atoms. The van der Waals surface area contributed by atoms with E-state index >= 15 is 0 Å². The number of aromatic hydroxyl groups is 2. The lowest BCUT2D eigenvalue weighted by molar-refractivity contribution is 0.127. The summed E-state index contributed by atoms with van der Waals surface area (Å²) in [6.45, 7) is 1.27. The zero-order chi connectivity index (χ0) is 15.2. The standard InChI is InChI=1S/C17H21NO3/c1-18(8-7-13-5-3-2-4-6-13)12-17(21)14-9-15(19)11-16(20)10-14/h2-6,9-11,17,19-21H,7-8,12H2,1H3. The lowest BCUT2D eigenvalue weighted by Crippen LogP contribution is -2.26. The van der Waals surface area contributed by atoms with E-state index in [4.69, 9.17) is 0 Å². The van der Waals surface area contributed by atoms with E-state index in [1.54, 1.807) is 0 Å². The second kappa shape index (κ2) is 7.11. The molecule has 1 unspecified atom stereocenters. The highest BCUT2D eigenvalue weighted by atomic mass is 16.3. The number of aliphatic hydroxyl groups is 1. The van der Waals surface area contributed by atoms with Crippen LogP contribution >= 0.6 is 0 Å². The molecule has 1 atom stereocenters. The number of hydrogen-bond acceptors (Lipinski definition) is 4. The van der Waals surface area contributed by atoms with Crippen molar-refractivity contribution in [1.82, 2.24) is 4.90 Å². The van der Waals surface area contributed by atoms with Gasteiger partial charge in [0.15, 0.2) is 0 Å². The summed E-state index contributed by atoms with van der Waals surface area (Å²) in [6, 6.07) is 14.4. The summed E-state index contributed by atoms with van der Waals surface area (Å²) in [5.41, 5.74) is 1.77. The summed E-state index contributed by atoms with van der Waals surface area (Å²) in [6.07, 6.45) is 0.166. The Balaban J connectivity index is 1.88. The number of nitrogens with zero attached hydrogens (tertiary/aromatic N) is 1. The van der Waals surface area contributed by atoms with Gasteiger partial charge in [-0.15, -0.1) is 0 Å². The van der Waals surface area contributed by atoms with Gasteiger partial charge < -0.3 is 20.2 Å². The van der Waals surface area contributed by atoms with Crippen LogP contribution in [0.2, 0.25) is 0 Å². The van der Waals surface area contributed by atoms with Crippen molar-refractivity contribution in [3.63, 3.8) is 0 Å². The monoisotopic (exact) mass is 287 g/mol. The van der Waals surface area contributed by atoms with Gasteiger partial charge in [0.2, 0.25) is 0 Å². The van der Waals surface area contributed by atoms with Crippen LogP contribution in [0.15, 0.2) is 48.5 Å². The van der Waals surface area contributed by atoms with E-state index in [1.807, 2.05) is 30.1 Å². The van der Waals surface area contributed by atoms with Gasteiger partial charge in [-0.05, 0) is 36.7 Å². The third-order valence-corrected chi connectivity index (χ3v) is 3.42. The van der Waals surface area contributed by atoms with Gasteiger partial charge in [0.05, 0.1) is 6.10 Å². The molecule has 0 aliphatic heterocycles. The number of phenolic OH excluding ortho intramolecular Hbond substituents is 2. The Morgan fingerprint density at radius 3 is 2.24 bits per heavy atom. The molecule has 112 valence electrons. The van der Waals surface area contributed by atoms with Gasteiger partial charge in [0.25, 0.3) is 0 Å². The molecule has 0 aromatic heterocycles. The lowest BCUT2D eigenvalue weighted by Gasteiger charge is -2.21. The van der Waals surface area contributed by atoms with Crippen LogP contribution in [0.1, 0.15) is 17.2 Å². The van der Waals surface area contributed by atoms with E-state index in [0.29, 0.717) is 12.1 Å². The molecule has 0 heterocycles. The number of benzene rings is 2. The molecule has 2 aromatic rings. The Kier molecular flexibility index (Phi) is 5.20. The van der Waals surface area contributed by atoms with Crippen molar-refractivity contribution in [2.45, 2.75) is 12.5 Å². The largest absolute Gasteiger partial charge is 0.508 e. The van der Waals surface area contributed by atoms with Crippen molar-refractivity contribution in [2.24, 2.45) is 0 Å². The molecule has 2 rings (SSSR count). The third kappa shape index (κ3) is 4.77. The SMILES string of the molecule is CN(CCc1ccccc1)CC(O)c1cc(O)cc(O)c1. The highest BCUT2D eigenvalue weighted by molar-refractivity contribution is 5.37. The Morgan fingerprint density at radius 2 is 1.62 bits per heavy atom. The average molecular weight is 287 g/mol. The van der Waals surface area contributed by atoms with Crippen molar-refractivity contribution < 1.29 is 15.3 Å². The fourth-order valence-electron chi connectivity index (χ4n) is 2.27. The van der Waals surface area contributed by atoms with Crippen LogP contribution < -0.4 is 0 Å². The second-order valence-corrected chi connectivity index (χ2v) is 5.30. The molecular formula is C17H21NO3. The molecule has 0 aliphatic carbocycles. The van der Waals surface area contributed by atoms with Crippen LogP contribution in [-0.2, 0) is 6.42 Å². The maximum atomic E-state index is 10.2. The summed E-state index contributed by atoms with van der Waals surface area (Å²) in [5, 5.41) is 29.1. The average Bonchev–Trinajstić information content (AvgIpc) is 2.45. The molecular weight excluding hydrogens is 266 g/mol. The molecule has 0 amide bonds. The zero-order valence-electron chi connectivity index (χ0n) is 12.1. The number of hydrogen-bond donors (Lipinski definition) is 3. The fraction of sp³-hybridized carbons (Fsp3) is 0.294. The maximum absolute atomic E-state index is 10.2. The molecule has 0 bridgehead atoms. The van der Waals surface area contributed by atoms with Gasteiger partial charge in [-0.1, -0.05) is 30.3 Å². The first kappa shape index (κ1) is 15.4. The van der Waals surface area contributed by atoms with Gasteiger partial charge in [0, 0.05) is 19.2 Å². The predicted molar refractivity (Wildman–Crippen MR) is 82.4 cm³/mol. The van der Waals surface area contributed by atoms with Gasteiger partial charge in [-0.3, -0.25) is 0 Å². The molecule has 0 radical (unpaired) electrons. The third-order valence-electron chi connectivity index (χ3n) is 3.42. The van der Waals surface area contributed by atoms with Gasteiger partial charge >= 0.3 is 0 Å². The molecule has 3 N–H and O–H groups in total. The van der Waals surface area contributed by atoms with Gasteiger partial charge in [-0.2, -0.15) is 0 Å². The van der Waals surface area contributed by atoms with E-state index in [9.17, 15) is 15.3 Å². The van der Waals surface area contributed by atoms with Crippen LogP contribution in [0, 0.1) is 0 Å². The zero-order valence-corrected chi connectivity index (χ0v) is 12.1. The quantitative estimate of drug-likeness (QED) is 0.763. The van der Waals surface area contributed by atoms with E-state index in [-0.39, 0.29) is 11.5 Å². The predicted octanol–water partition coefficient (Wildman–Crippen LogP) is 2.31. The Bertz CT molecular complexity index is 551. The maximum Gasteiger partial charge on any atom is 0.119 e. The molecule has 0 saturated heterocycles. The first-order valence-corrected chi connectivity index (χ1v) is 6.98. The summed E-state index contributed by atoms with van der Waals surface area (Å²) >= 11 is 0. The molecule has 4 nitrogen and oxygen atoms in total. The number of rotatable bonds is 6. The van der Waals surface area contributed by atoms with Crippen LogP contribution in [0.3, 0.4) is 0 Å². The Labute approximate surface area is 124 Å². The number of likely N-dealkylation sites (N-methyl/N-ethyl adjacent to an activating group) is 1. The van der Waals surface area contributed by atoms with E-state index in [1.165, 1.54) is 23.8 Å². The van der Waals surface area contributed by atoms with Crippen molar-refractivity contribution in [3.05, 3.63) is 59.7 Å². The van der Waals surface area contributed by atoms with Crippen molar-refractivity contribution >= 4 is 0 Å². The minimum absolute atomic E-state index is 0.0454. The van der Waals surface area contributed by atoms with Crippen LogP contribution in [0.25, 0.3) is 0 Å². The molecule has 21 heavy (non-hydrogen) atoms. The van der Waals surface area contributed by atoms with Crippen molar-refractivity contribution in [1.29, 1.82) is 0 Å². The van der Waals surface area contributed by atoms with Crippen LogP contribution in [0.4, 0.5) is 0 Å².